The summed E-state index contributed by atoms with van der Waals surface area (Å²) < 4.78 is 6.52. The second kappa shape index (κ2) is 5.56. The van der Waals surface area contributed by atoms with Crippen molar-refractivity contribution in [1.29, 1.82) is 0 Å². The molecule has 0 bridgehead atoms. The number of nitrogens with zero attached hydrogens (tertiary/aromatic N) is 2. The average Bonchev–Trinajstić information content (AvgIpc) is 2.84. The molecule has 0 unspecified atom stereocenters. The molecule has 6 nitrogen and oxygen atoms in total. The molecule has 1 N–H and O–H groups in total. The fourth-order valence-electron chi connectivity index (χ4n) is 1.76. The first-order valence-electron chi connectivity index (χ1n) is 6.08. The fraction of sp³-hybridized carbons (Fsp3) is 0.214. The number of benzene rings is 1. The highest BCUT2D eigenvalue weighted by atomic mass is 16.5. The van der Waals surface area contributed by atoms with Gasteiger partial charge in [0.25, 0.3) is 0 Å². The van der Waals surface area contributed by atoms with Gasteiger partial charge >= 0.3 is 11.9 Å². The van der Waals surface area contributed by atoms with Gasteiger partial charge in [-0.3, -0.25) is 4.68 Å². The number of hydrogen-bond acceptors (Lipinski definition) is 4. The van der Waals surface area contributed by atoms with Crippen LogP contribution in [0.1, 0.15) is 40.7 Å². The molecule has 0 radical (unpaired) electrons. The molecule has 0 fully saturated rings. The number of ether oxygens (including phenoxy) is 1. The van der Waals surface area contributed by atoms with E-state index in [0.717, 1.165) is 6.20 Å². The lowest BCUT2D eigenvalue weighted by molar-refractivity contribution is 0.0661. The van der Waals surface area contributed by atoms with E-state index in [1.54, 1.807) is 44.2 Å². The Kier molecular flexibility index (Phi) is 3.84. The van der Waals surface area contributed by atoms with Gasteiger partial charge in [0.1, 0.15) is 11.3 Å². The summed E-state index contributed by atoms with van der Waals surface area (Å²) in [5, 5.41) is 13.0. The molecule has 0 saturated heterocycles. The lowest BCUT2D eigenvalue weighted by Crippen LogP contribution is -2.20. The number of aromatic nitrogens is 2. The van der Waals surface area contributed by atoms with Crippen LogP contribution in [0.4, 0.5) is 0 Å². The van der Waals surface area contributed by atoms with E-state index in [2.05, 4.69) is 5.10 Å². The molecule has 104 valence electrons. The molecule has 0 atom stereocenters. The van der Waals surface area contributed by atoms with Crippen LogP contribution < -0.4 is 4.74 Å². The number of carbonyl (C=O) groups is 2. The zero-order valence-corrected chi connectivity index (χ0v) is 11.1. The average molecular weight is 274 g/mol. The molecule has 0 saturated carbocycles. The molecular formula is C14H14N2O4. The van der Waals surface area contributed by atoms with Gasteiger partial charge in [-0.2, -0.15) is 5.10 Å². The summed E-state index contributed by atoms with van der Waals surface area (Å²) in [6.45, 7) is 3.61. The van der Waals surface area contributed by atoms with Crippen molar-refractivity contribution in [2.45, 2.75) is 19.9 Å². The number of carboxylic acid groups (broad SMARTS) is 1. The normalized spacial score (nSPS) is 10.6. The van der Waals surface area contributed by atoms with E-state index < -0.39 is 11.9 Å². The summed E-state index contributed by atoms with van der Waals surface area (Å²) in [6.07, 6.45) is 1.16. The van der Waals surface area contributed by atoms with E-state index in [9.17, 15) is 9.59 Å². The lowest BCUT2D eigenvalue weighted by Gasteiger charge is -2.11. The van der Waals surface area contributed by atoms with Crippen LogP contribution in [0.2, 0.25) is 0 Å². The molecule has 0 amide bonds. The van der Waals surface area contributed by atoms with Crippen LogP contribution in [-0.4, -0.2) is 26.8 Å². The van der Waals surface area contributed by atoms with Crippen LogP contribution in [0.15, 0.2) is 36.5 Å². The summed E-state index contributed by atoms with van der Waals surface area (Å²) in [6, 6.07) is 8.32. The number of hydrogen-bond donors (Lipinski definition) is 1. The summed E-state index contributed by atoms with van der Waals surface area (Å²) in [5.74, 6) is -1.60. The lowest BCUT2D eigenvalue weighted by atomic mass is 10.2. The summed E-state index contributed by atoms with van der Waals surface area (Å²) >= 11 is 0. The van der Waals surface area contributed by atoms with Crippen LogP contribution in [0.3, 0.4) is 0 Å². The third kappa shape index (κ3) is 2.69. The van der Waals surface area contributed by atoms with Crippen LogP contribution in [0.5, 0.6) is 5.75 Å². The van der Waals surface area contributed by atoms with Crippen molar-refractivity contribution >= 4 is 11.9 Å². The third-order valence-electron chi connectivity index (χ3n) is 2.66. The molecule has 0 aliphatic heterocycles. The van der Waals surface area contributed by atoms with E-state index in [4.69, 9.17) is 9.84 Å². The number of rotatable bonds is 4. The first-order valence-corrected chi connectivity index (χ1v) is 6.08. The maximum atomic E-state index is 12.2. The van der Waals surface area contributed by atoms with Crippen molar-refractivity contribution in [3.63, 3.8) is 0 Å². The molecule has 0 spiro atoms. The maximum absolute atomic E-state index is 12.2. The highest BCUT2D eigenvalue weighted by Gasteiger charge is 2.25. The van der Waals surface area contributed by atoms with Gasteiger partial charge in [0, 0.05) is 6.04 Å². The molecule has 1 heterocycles. The van der Waals surface area contributed by atoms with Crippen molar-refractivity contribution in [2.75, 3.05) is 0 Å². The minimum atomic E-state index is -1.21. The molecule has 1 aromatic heterocycles. The molecule has 2 aromatic rings. The number of carboxylic acids is 1. The predicted octanol–water partition coefficient (Wildman–Crippen LogP) is 2.38. The number of esters is 1. The van der Waals surface area contributed by atoms with Crippen LogP contribution in [-0.2, 0) is 0 Å². The van der Waals surface area contributed by atoms with E-state index in [1.807, 2.05) is 0 Å². The summed E-state index contributed by atoms with van der Waals surface area (Å²) in [5.41, 5.74) is -0.226. The van der Waals surface area contributed by atoms with Crippen LogP contribution in [0, 0.1) is 0 Å². The van der Waals surface area contributed by atoms with Crippen molar-refractivity contribution in [2.24, 2.45) is 0 Å². The molecule has 0 aliphatic carbocycles. The topological polar surface area (TPSA) is 81.4 Å². The fourth-order valence-corrected chi connectivity index (χ4v) is 1.76. The Morgan fingerprint density at radius 2 is 1.90 bits per heavy atom. The minimum Gasteiger partial charge on any atom is -0.478 e. The van der Waals surface area contributed by atoms with E-state index >= 15 is 0 Å². The molecule has 20 heavy (non-hydrogen) atoms. The minimum absolute atomic E-state index is 0.0589. The van der Waals surface area contributed by atoms with Gasteiger partial charge < -0.3 is 9.84 Å². The van der Waals surface area contributed by atoms with Gasteiger partial charge in [-0.25, -0.2) is 9.59 Å². The SMILES string of the molecule is CC(C)n1ncc(C(=O)O)c1C(=O)Oc1ccccc1. The quantitative estimate of drug-likeness (QED) is 0.683. The Balaban J connectivity index is 2.37. The Hall–Kier alpha value is -2.63. The standard InChI is InChI=1S/C14H14N2O4/c1-9(2)16-12(11(8-15-16)13(17)18)14(19)20-10-6-4-3-5-7-10/h3-9H,1-2H3,(H,17,18). The summed E-state index contributed by atoms with van der Waals surface area (Å²) in [4.78, 5) is 23.3. The van der Waals surface area contributed by atoms with E-state index in [1.165, 1.54) is 4.68 Å². The second-order valence-electron chi connectivity index (χ2n) is 4.45. The van der Waals surface area contributed by atoms with Gasteiger partial charge in [-0.05, 0) is 26.0 Å². The first-order chi connectivity index (χ1) is 9.50. The van der Waals surface area contributed by atoms with Crippen molar-refractivity contribution in [1.82, 2.24) is 9.78 Å². The van der Waals surface area contributed by atoms with Crippen LogP contribution >= 0.6 is 0 Å². The molecular weight excluding hydrogens is 260 g/mol. The smallest absolute Gasteiger partial charge is 0.362 e. The number of para-hydroxylation sites is 1. The van der Waals surface area contributed by atoms with E-state index in [-0.39, 0.29) is 17.3 Å². The van der Waals surface area contributed by atoms with Crippen molar-refractivity contribution in [3.05, 3.63) is 47.8 Å². The van der Waals surface area contributed by atoms with Crippen LogP contribution in [0.25, 0.3) is 0 Å². The highest BCUT2D eigenvalue weighted by molar-refractivity contribution is 6.01. The Morgan fingerprint density at radius 3 is 2.45 bits per heavy atom. The van der Waals surface area contributed by atoms with Gasteiger partial charge in [0.15, 0.2) is 5.69 Å². The zero-order valence-electron chi connectivity index (χ0n) is 11.1. The molecule has 0 aliphatic rings. The highest BCUT2D eigenvalue weighted by Crippen LogP contribution is 2.18. The van der Waals surface area contributed by atoms with Crippen molar-refractivity contribution < 1.29 is 19.4 Å². The Bertz CT molecular complexity index is 632. The van der Waals surface area contributed by atoms with E-state index in [0.29, 0.717) is 5.75 Å². The summed E-state index contributed by atoms with van der Waals surface area (Å²) in [7, 11) is 0. The number of aromatic carboxylic acids is 1. The molecule has 1 aromatic carbocycles. The Labute approximate surface area is 115 Å². The van der Waals surface area contributed by atoms with Gasteiger partial charge in [-0.15, -0.1) is 0 Å². The molecule has 6 heteroatoms. The monoisotopic (exact) mass is 274 g/mol. The first kappa shape index (κ1) is 13.8. The number of carbonyl (C=O) groups excluding carboxylic acids is 1. The third-order valence-corrected chi connectivity index (χ3v) is 2.66. The van der Waals surface area contributed by atoms with Gasteiger partial charge in [-0.1, -0.05) is 18.2 Å². The van der Waals surface area contributed by atoms with Crippen molar-refractivity contribution in [3.8, 4) is 5.75 Å². The van der Waals surface area contributed by atoms with Gasteiger partial charge in [0.05, 0.1) is 6.20 Å². The Morgan fingerprint density at radius 1 is 1.25 bits per heavy atom. The predicted molar refractivity (Wildman–Crippen MR) is 71.0 cm³/mol. The second-order valence-corrected chi connectivity index (χ2v) is 4.45. The zero-order chi connectivity index (χ0) is 14.7. The van der Waals surface area contributed by atoms with Gasteiger partial charge in [0.2, 0.25) is 0 Å². The molecule has 2 rings (SSSR count). The largest absolute Gasteiger partial charge is 0.478 e. The maximum Gasteiger partial charge on any atom is 0.362 e.